The Morgan fingerprint density at radius 1 is 1.05 bits per heavy atom. The number of aryl methyl sites for hydroxylation is 1. The Bertz CT molecular complexity index is 751. The summed E-state index contributed by atoms with van der Waals surface area (Å²) >= 11 is 3.49. The van der Waals surface area contributed by atoms with Gasteiger partial charge in [0.2, 0.25) is 0 Å². The molecule has 3 aromatic rings. The summed E-state index contributed by atoms with van der Waals surface area (Å²) in [5.74, 6) is 0. The van der Waals surface area contributed by atoms with Crippen LogP contribution in [-0.2, 0) is 6.42 Å². The Labute approximate surface area is 132 Å². The first-order valence-electron chi connectivity index (χ1n) is 7.07. The van der Waals surface area contributed by atoms with Gasteiger partial charge in [-0.05, 0) is 60.8 Å². The maximum Gasteiger partial charge on any atom is 0.0831 e. The van der Waals surface area contributed by atoms with Crippen molar-refractivity contribution in [2.45, 2.75) is 19.3 Å². The predicted octanol–water partition coefficient (Wildman–Crippen LogP) is 3.46. The molecule has 2 N–H and O–H groups in total. The molecule has 0 saturated heterocycles. The van der Waals surface area contributed by atoms with Crippen molar-refractivity contribution < 1.29 is 0 Å². The van der Waals surface area contributed by atoms with Gasteiger partial charge in [-0.2, -0.15) is 0 Å². The Hall–Kier alpha value is -1.72. The van der Waals surface area contributed by atoms with Crippen LogP contribution in [0.1, 0.15) is 18.5 Å². The van der Waals surface area contributed by atoms with Gasteiger partial charge >= 0.3 is 0 Å². The molecule has 21 heavy (non-hydrogen) atoms. The highest BCUT2D eigenvalue weighted by molar-refractivity contribution is 9.10. The van der Waals surface area contributed by atoms with Crippen LogP contribution < -0.4 is 5.73 Å². The molecular weight excluding hydrogens is 328 g/mol. The van der Waals surface area contributed by atoms with E-state index in [-0.39, 0.29) is 0 Å². The minimum Gasteiger partial charge on any atom is -0.330 e. The highest BCUT2D eigenvalue weighted by Gasteiger charge is 2.04. The third-order valence-corrected chi connectivity index (χ3v) is 3.97. The van der Waals surface area contributed by atoms with Crippen LogP contribution in [0.25, 0.3) is 16.5 Å². The van der Waals surface area contributed by atoms with Gasteiger partial charge in [-0.25, -0.2) is 4.68 Å². The summed E-state index contributed by atoms with van der Waals surface area (Å²) in [5, 5.41) is 10.8. The smallest absolute Gasteiger partial charge is 0.0831 e. The quantitative estimate of drug-likeness (QED) is 0.721. The van der Waals surface area contributed by atoms with Gasteiger partial charge in [0, 0.05) is 4.47 Å². The van der Waals surface area contributed by atoms with Crippen LogP contribution in [0.5, 0.6) is 0 Å². The minimum atomic E-state index is 0.731. The molecule has 0 atom stereocenters. The molecule has 3 rings (SSSR count). The summed E-state index contributed by atoms with van der Waals surface area (Å²) in [6.07, 6.45) is 5.01. The van der Waals surface area contributed by atoms with E-state index in [1.54, 1.807) is 0 Å². The molecule has 5 heteroatoms. The largest absolute Gasteiger partial charge is 0.330 e. The average molecular weight is 345 g/mol. The topological polar surface area (TPSA) is 56.7 Å². The molecule has 0 saturated carbocycles. The van der Waals surface area contributed by atoms with E-state index >= 15 is 0 Å². The lowest BCUT2D eigenvalue weighted by molar-refractivity contribution is 0.727. The van der Waals surface area contributed by atoms with E-state index in [2.05, 4.69) is 56.6 Å². The number of hydrogen-bond donors (Lipinski definition) is 1. The summed E-state index contributed by atoms with van der Waals surface area (Å²) in [7, 11) is 0. The SMILES string of the molecule is NCCCCc1cn(-c2ccc3cc(Br)ccc3c2)nn1. The molecule has 4 nitrogen and oxygen atoms in total. The summed E-state index contributed by atoms with van der Waals surface area (Å²) in [6, 6.07) is 12.5. The van der Waals surface area contributed by atoms with Crippen LogP contribution in [-0.4, -0.2) is 21.5 Å². The maximum absolute atomic E-state index is 5.51. The molecule has 0 unspecified atom stereocenters. The Balaban J connectivity index is 1.84. The van der Waals surface area contributed by atoms with Crippen molar-refractivity contribution in [2.24, 2.45) is 5.73 Å². The molecular formula is C16H17BrN4. The van der Waals surface area contributed by atoms with Crippen LogP contribution >= 0.6 is 15.9 Å². The molecule has 0 spiro atoms. The van der Waals surface area contributed by atoms with Crippen molar-refractivity contribution in [1.29, 1.82) is 0 Å². The fraction of sp³-hybridized carbons (Fsp3) is 0.250. The lowest BCUT2D eigenvalue weighted by Gasteiger charge is -2.03. The summed E-state index contributed by atoms with van der Waals surface area (Å²) in [4.78, 5) is 0. The van der Waals surface area contributed by atoms with Gasteiger partial charge < -0.3 is 5.73 Å². The molecule has 0 aliphatic carbocycles. The minimum absolute atomic E-state index is 0.731. The van der Waals surface area contributed by atoms with E-state index in [9.17, 15) is 0 Å². The van der Waals surface area contributed by atoms with E-state index in [1.165, 1.54) is 10.8 Å². The van der Waals surface area contributed by atoms with Crippen LogP contribution in [0, 0.1) is 0 Å². The fourth-order valence-corrected chi connectivity index (χ4v) is 2.71. The van der Waals surface area contributed by atoms with Gasteiger partial charge in [0.05, 0.1) is 17.6 Å². The third kappa shape index (κ3) is 3.31. The van der Waals surface area contributed by atoms with Gasteiger partial charge in [0.15, 0.2) is 0 Å². The Morgan fingerprint density at radius 3 is 2.71 bits per heavy atom. The zero-order chi connectivity index (χ0) is 14.7. The van der Waals surface area contributed by atoms with Crippen molar-refractivity contribution in [2.75, 3.05) is 6.54 Å². The van der Waals surface area contributed by atoms with E-state index in [1.807, 2.05) is 16.9 Å². The zero-order valence-corrected chi connectivity index (χ0v) is 13.3. The number of benzene rings is 2. The molecule has 0 fully saturated rings. The normalized spacial score (nSPS) is 11.1. The number of aromatic nitrogens is 3. The first kappa shape index (κ1) is 14.2. The third-order valence-electron chi connectivity index (χ3n) is 3.48. The molecule has 108 valence electrons. The second-order valence-electron chi connectivity index (χ2n) is 5.08. The second kappa shape index (κ2) is 6.37. The lowest BCUT2D eigenvalue weighted by Crippen LogP contribution is -1.99. The molecule has 0 amide bonds. The van der Waals surface area contributed by atoms with Gasteiger partial charge in [-0.1, -0.05) is 33.3 Å². The van der Waals surface area contributed by atoms with Crippen molar-refractivity contribution in [3.05, 3.63) is 52.8 Å². The number of nitrogens with two attached hydrogens (primary N) is 1. The number of unbranched alkanes of at least 4 members (excludes halogenated alkanes) is 1. The number of fused-ring (bicyclic) bond motifs is 1. The fourth-order valence-electron chi connectivity index (χ4n) is 2.34. The highest BCUT2D eigenvalue weighted by Crippen LogP contribution is 2.22. The number of nitrogens with zero attached hydrogens (tertiary/aromatic N) is 3. The molecule has 0 bridgehead atoms. The Kier molecular flexibility index (Phi) is 4.31. The highest BCUT2D eigenvalue weighted by atomic mass is 79.9. The molecule has 2 aromatic carbocycles. The number of hydrogen-bond acceptors (Lipinski definition) is 3. The van der Waals surface area contributed by atoms with E-state index in [0.717, 1.165) is 41.7 Å². The Morgan fingerprint density at radius 2 is 1.86 bits per heavy atom. The molecule has 1 heterocycles. The van der Waals surface area contributed by atoms with Gasteiger partial charge in [-0.3, -0.25) is 0 Å². The van der Waals surface area contributed by atoms with Gasteiger partial charge in [-0.15, -0.1) is 5.10 Å². The standard InChI is InChI=1S/C16H17BrN4/c17-14-6-4-13-10-16(7-5-12(13)9-14)21-11-15(19-20-21)3-1-2-8-18/h4-7,9-11H,1-3,8,18H2. The lowest BCUT2D eigenvalue weighted by atomic mass is 10.1. The first-order chi connectivity index (χ1) is 10.3. The molecule has 0 aliphatic rings. The van der Waals surface area contributed by atoms with Gasteiger partial charge in [0.25, 0.3) is 0 Å². The van der Waals surface area contributed by atoms with Crippen LogP contribution in [0.15, 0.2) is 47.1 Å². The second-order valence-corrected chi connectivity index (χ2v) is 5.99. The zero-order valence-electron chi connectivity index (χ0n) is 11.7. The number of halogens is 1. The summed E-state index contributed by atoms with van der Waals surface area (Å²) in [5.41, 5.74) is 7.55. The predicted molar refractivity (Wildman–Crippen MR) is 88.6 cm³/mol. The van der Waals surface area contributed by atoms with Crippen LogP contribution in [0.4, 0.5) is 0 Å². The number of rotatable bonds is 5. The monoisotopic (exact) mass is 344 g/mol. The molecule has 0 aliphatic heterocycles. The van der Waals surface area contributed by atoms with E-state index in [4.69, 9.17) is 5.73 Å². The maximum atomic E-state index is 5.51. The van der Waals surface area contributed by atoms with Crippen molar-refractivity contribution >= 4 is 26.7 Å². The van der Waals surface area contributed by atoms with Crippen LogP contribution in [0.2, 0.25) is 0 Å². The van der Waals surface area contributed by atoms with Crippen molar-refractivity contribution in [1.82, 2.24) is 15.0 Å². The first-order valence-corrected chi connectivity index (χ1v) is 7.86. The van der Waals surface area contributed by atoms with Crippen molar-refractivity contribution in [3.8, 4) is 5.69 Å². The van der Waals surface area contributed by atoms with E-state index in [0.29, 0.717) is 0 Å². The average Bonchev–Trinajstić information content (AvgIpc) is 2.96. The molecule has 0 radical (unpaired) electrons. The van der Waals surface area contributed by atoms with E-state index < -0.39 is 0 Å². The van der Waals surface area contributed by atoms with Gasteiger partial charge in [0.1, 0.15) is 0 Å². The van der Waals surface area contributed by atoms with Crippen LogP contribution in [0.3, 0.4) is 0 Å². The summed E-state index contributed by atoms with van der Waals surface area (Å²) < 4.78 is 2.92. The van der Waals surface area contributed by atoms with Crippen molar-refractivity contribution in [3.63, 3.8) is 0 Å². The summed E-state index contributed by atoms with van der Waals surface area (Å²) in [6.45, 7) is 0.731. The molecule has 1 aromatic heterocycles.